The molecule has 13 aromatic carbocycles. The Morgan fingerprint density at radius 1 is 0.274 bits per heavy atom. The van der Waals surface area contributed by atoms with Gasteiger partial charge in [0.05, 0.1) is 11.4 Å². The first-order chi connectivity index (χ1) is 51.2. The third-order valence-corrected chi connectivity index (χ3v) is 22.9. The summed E-state index contributed by atoms with van der Waals surface area (Å²) in [5.74, 6) is 0. The lowest BCUT2D eigenvalue weighted by Gasteiger charge is -2.50. The van der Waals surface area contributed by atoms with Crippen LogP contribution in [-0.4, -0.2) is 19.8 Å². The molecule has 0 aliphatic carbocycles. The number of nitrogens with zero attached hydrogens (tertiary/aromatic N) is 5. The summed E-state index contributed by atoms with van der Waals surface area (Å²) in [4.78, 5) is 13.5. The Morgan fingerprint density at radius 3 is 0.821 bits per heavy atom. The molecule has 4 aliphatic rings. The van der Waals surface area contributed by atoms with E-state index < -0.39 is 0 Å². The van der Waals surface area contributed by atoms with Gasteiger partial charge in [0.2, 0.25) is 0 Å². The largest absolute Gasteiger partial charge is 0.371 e. The molecule has 5 nitrogen and oxygen atoms in total. The molecule has 0 saturated carbocycles. The van der Waals surface area contributed by atoms with Crippen LogP contribution in [0.25, 0.3) is 44.5 Å². The minimum absolute atomic E-state index is 0.0268. The molecule has 106 heavy (non-hydrogen) atoms. The Hall–Kier alpha value is -11.1. The van der Waals surface area contributed by atoms with E-state index in [1.165, 1.54) is 134 Å². The van der Waals surface area contributed by atoms with Gasteiger partial charge < -0.3 is 24.5 Å². The first kappa shape index (κ1) is 68.1. The highest BCUT2D eigenvalue weighted by Gasteiger charge is 2.50. The molecule has 4 heterocycles. The van der Waals surface area contributed by atoms with Gasteiger partial charge in [-0.1, -0.05) is 301 Å². The molecule has 0 N–H and O–H groups in total. The summed E-state index contributed by atoms with van der Waals surface area (Å²) in [5.41, 5.74) is 36.6. The highest BCUT2D eigenvalue weighted by Crippen LogP contribution is 2.59. The fraction of sp³-hybridized carbons (Fsp3) is 0.220. The Balaban J connectivity index is 1.04. The molecule has 524 valence electrons. The summed E-state index contributed by atoms with van der Waals surface area (Å²) in [6.45, 7) is 29.6. The van der Waals surface area contributed by atoms with Crippen molar-refractivity contribution >= 4 is 97.0 Å². The maximum atomic E-state index is 2.82. The van der Waals surface area contributed by atoms with Crippen LogP contribution in [0.15, 0.2) is 291 Å². The second-order valence-corrected chi connectivity index (χ2v) is 33.9. The average molecular weight is 1380 g/mol. The maximum Gasteiger partial charge on any atom is 0.252 e. The number of fused-ring (bicyclic) bond motifs is 6. The Kier molecular flexibility index (Phi) is 17.0. The van der Waals surface area contributed by atoms with Crippen molar-refractivity contribution in [3.05, 3.63) is 325 Å². The highest BCUT2D eigenvalue weighted by atomic mass is 15.2. The first-order valence-electron chi connectivity index (χ1n) is 38.5. The molecule has 17 rings (SSSR count). The summed E-state index contributed by atoms with van der Waals surface area (Å²) in [5, 5.41) is 0. The average Bonchev–Trinajstić information content (AvgIpc) is 0.673. The summed E-state index contributed by atoms with van der Waals surface area (Å²) < 4.78 is 0. The first-order valence-corrected chi connectivity index (χ1v) is 38.5. The molecular weight excluding hydrogens is 1280 g/mol. The van der Waals surface area contributed by atoms with Crippen molar-refractivity contribution in [3.8, 4) is 44.5 Å². The number of hydrogen-bond acceptors (Lipinski definition) is 5. The molecule has 0 spiro atoms. The van der Waals surface area contributed by atoms with Crippen LogP contribution in [0.1, 0.15) is 129 Å². The fourth-order valence-electron chi connectivity index (χ4n) is 17.4. The van der Waals surface area contributed by atoms with Gasteiger partial charge in [-0.2, -0.15) is 0 Å². The second kappa shape index (κ2) is 26.5. The molecule has 13 aromatic rings. The Morgan fingerprint density at radius 2 is 0.547 bits per heavy atom. The monoisotopic (exact) mass is 1380 g/mol. The minimum atomic E-state index is -0.214. The van der Waals surface area contributed by atoms with E-state index >= 15 is 0 Å². The van der Waals surface area contributed by atoms with E-state index in [9.17, 15) is 0 Å². The second-order valence-electron chi connectivity index (χ2n) is 33.9. The summed E-state index contributed by atoms with van der Waals surface area (Å²) >= 11 is 0. The molecule has 0 unspecified atom stereocenters. The van der Waals surface area contributed by atoms with E-state index in [1.807, 2.05) is 0 Å². The van der Waals surface area contributed by atoms with Crippen molar-refractivity contribution < 1.29 is 0 Å². The Bertz CT molecular complexity index is 4860. The van der Waals surface area contributed by atoms with Gasteiger partial charge in [0, 0.05) is 97.9 Å². The topological polar surface area (TPSA) is 16.2 Å². The van der Waals surface area contributed by atoms with E-state index in [0.717, 1.165) is 72.9 Å². The van der Waals surface area contributed by atoms with Gasteiger partial charge in [-0.25, -0.2) is 0 Å². The van der Waals surface area contributed by atoms with Gasteiger partial charge in [0.1, 0.15) is 0 Å². The van der Waals surface area contributed by atoms with Crippen molar-refractivity contribution in [1.82, 2.24) is 0 Å². The standard InChI is InChI=1S/C100H96BN5/c1-97(2,3)71-43-51-75(52-44-71)103(76-53-45-72(46-54-76)98(4,5)6)79-59-61-87-89(65-79)105(93-81(67-29-17-13-18-30-67)37-25-38-82(93)68-31-19-14-20-32-68)95-85-41-27-63-102-64-28-42-86(92(85)102)96-91(95)101(87)88-62-60-80(104(77-55-47-73(48-56-77)99(7,8)9)78-57-49-74(50-58-78)100(10,11)12)66-90(88)106(96)94-83(69-33-21-15-22-34-69)39-26-40-84(94)70-35-23-16-24-36-70/h13-26,29-40,43-62,65-66H,27-28,41-42,63-64H2,1-12H3. The normalized spacial score (nSPS) is 13.9. The summed E-state index contributed by atoms with van der Waals surface area (Å²) in [6.07, 6.45) is 4.00. The summed E-state index contributed by atoms with van der Waals surface area (Å²) in [6, 6.07) is 112. The van der Waals surface area contributed by atoms with Crippen LogP contribution in [-0.2, 0) is 34.5 Å². The molecule has 0 atom stereocenters. The smallest absolute Gasteiger partial charge is 0.252 e. The number of hydrogen-bond donors (Lipinski definition) is 0. The molecule has 0 aromatic heterocycles. The van der Waals surface area contributed by atoms with Crippen LogP contribution in [0.2, 0.25) is 0 Å². The number of rotatable bonds is 12. The Labute approximate surface area is 630 Å². The minimum Gasteiger partial charge on any atom is -0.371 e. The van der Waals surface area contributed by atoms with Gasteiger partial charge in [-0.05, 0) is 192 Å². The van der Waals surface area contributed by atoms with E-state index in [-0.39, 0.29) is 28.4 Å². The van der Waals surface area contributed by atoms with Crippen molar-refractivity contribution in [1.29, 1.82) is 0 Å². The van der Waals surface area contributed by atoms with Crippen molar-refractivity contribution in [2.45, 2.75) is 130 Å². The molecule has 4 aliphatic heterocycles. The van der Waals surface area contributed by atoms with Crippen LogP contribution in [0.3, 0.4) is 0 Å². The van der Waals surface area contributed by atoms with Crippen LogP contribution in [0, 0.1) is 0 Å². The molecule has 0 bridgehead atoms. The maximum absolute atomic E-state index is 2.82. The van der Waals surface area contributed by atoms with Gasteiger partial charge in [0.15, 0.2) is 0 Å². The highest BCUT2D eigenvalue weighted by molar-refractivity contribution is 7.00. The predicted molar refractivity (Wildman–Crippen MR) is 455 cm³/mol. The third kappa shape index (κ3) is 12.1. The molecule has 0 fully saturated rings. The van der Waals surface area contributed by atoms with Gasteiger partial charge in [-0.15, -0.1) is 0 Å². The number of para-hydroxylation sites is 2. The van der Waals surface area contributed by atoms with Crippen molar-refractivity contribution in [2.24, 2.45) is 0 Å². The van der Waals surface area contributed by atoms with Crippen LogP contribution >= 0.6 is 0 Å². The van der Waals surface area contributed by atoms with Crippen molar-refractivity contribution in [3.63, 3.8) is 0 Å². The van der Waals surface area contributed by atoms with Crippen molar-refractivity contribution in [2.75, 3.05) is 37.6 Å². The van der Waals surface area contributed by atoms with E-state index in [0.29, 0.717) is 0 Å². The van der Waals surface area contributed by atoms with E-state index in [4.69, 9.17) is 0 Å². The zero-order chi connectivity index (χ0) is 73.0. The molecule has 6 heteroatoms. The number of anilines is 13. The molecule has 0 saturated heterocycles. The lowest BCUT2D eigenvalue weighted by atomic mass is 9.33. The molecular formula is C100H96BN5. The fourth-order valence-corrected chi connectivity index (χ4v) is 17.4. The quantitative estimate of drug-likeness (QED) is 0.113. The lowest BCUT2D eigenvalue weighted by Crippen LogP contribution is -2.62. The van der Waals surface area contributed by atoms with Gasteiger partial charge in [0.25, 0.3) is 6.71 Å². The lowest BCUT2D eigenvalue weighted by molar-refractivity contribution is 0.590. The molecule has 0 radical (unpaired) electrons. The summed E-state index contributed by atoms with van der Waals surface area (Å²) in [7, 11) is 0. The number of benzene rings is 13. The SMILES string of the molecule is CC(C)(C)c1ccc(N(c2ccc(C(C)(C)C)cc2)c2ccc3c(c2)N(c2c(-c4ccccc4)cccc2-c2ccccc2)c2c4c5c(c6c2B3c2ccc(N(c3ccc(C(C)(C)C)cc3)c3ccc(C(C)(C)C)cc3)cc2N6c2c(-c3ccccc3)cccc2-c2ccccc2)CCCN5CCC4)cc1. The zero-order valence-corrected chi connectivity index (χ0v) is 63.8. The van der Waals surface area contributed by atoms with Crippen LogP contribution < -0.4 is 40.9 Å². The third-order valence-electron chi connectivity index (χ3n) is 22.9. The molecule has 0 amide bonds. The van der Waals surface area contributed by atoms with Gasteiger partial charge in [-0.3, -0.25) is 0 Å². The van der Waals surface area contributed by atoms with E-state index in [2.05, 4.69) is 399 Å². The van der Waals surface area contributed by atoms with E-state index in [1.54, 1.807) is 0 Å². The zero-order valence-electron chi connectivity index (χ0n) is 63.8. The predicted octanol–water partition coefficient (Wildman–Crippen LogP) is 25.3. The van der Waals surface area contributed by atoms with Crippen LogP contribution in [0.4, 0.5) is 73.9 Å². The van der Waals surface area contributed by atoms with Crippen LogP contribution in [0.5, 0.6) is 0 Å². The van der Waals surface area contributed by atoms with Gasteiger partial charge >= 0.3 is 0 Å².